The van der Waals surface area contributed by atoms with Gasteiger partial charge in [-0.3, -0.25) is 9.59 Å². The summed E-state index contributed by atoms with van der Waals surface area (Å²) < 4.78 is 0. The van der Waals surface area contributed by atoms with E-state index in [0.717, 1.165) is 10.6 Å². The summed E-state index contributed by atoms with van der Waals surface area (Å²) >= 11 is 1.62. The predicted octanol–water partition coefficient (Wildman–Crippen LogP) is 5.37. The molecule has 0 aliphatic rings. The van der Waals surface area contributed by atoms with E-state index in [0.29, 0.717) is 16.8 Å². The summed E-state index contributed by atoms with van der Waals surface area (Å²) in [6, 6.07) is 24.7. The first-order valence-corrected chi connectivity index (χ1v) is 10.5. The molecule has 0 aromatic heterocycles. The van der Waals surface area contributed by atoms with Gasteiger partial charge in [0.25, 0.3) is 11.8 Å². The molecule has 3 rings (SSSR count). The molecule has 0 saturated carbocycles. The average molecular weight is 405 g/mol. The summed E-state index contributed by atoms with van der Waals surface area (Å²) in [5.74, 6) is 0.340. The number of hydrogen-bond acceptors (Lipinski definition) is 3. The van der Waals surface area contributed by atoms with Gasteiger partial charge < -0.3 is 10.6 Å². The number of carbonyl (C=O) groups is 2. The van der Waals surface area contributed by atoms with Crippen LogP contribution in [0.4, 0.5) is 5.69 Å². The second-order valence-electron chi connectivity index (χ2n) is 6.90. The molecule has 0 unspecified atom stereocenters. The standard InChI is InChI=1S/C24H24N2O2S/c1-17(2)25-23(27)19-12-6-8-14-21(19)26-24(28)20-13-7-9-15-22(20)29-16-18-10-4-3-5-11-18/h3-15,17H,16H2,1-2H3,(H,25,27)(H,26,28). The van der Waals surface area contributed by atoms with Gasteiger partial charge in [0, 0.05) is 16.7 Å². The maximum atomic E-state index is 13.0. The molecule has 0 heterocycles. The first kappa shape index (κ1) is 20.7. The number of benzene rings is 3. The van der Waals surface area contributed by atoms with Gasteiger partial charge in [-0.2, -0.15) is 0 Å². The van der Waals surface area contributed by atoms with Crippen LogP contribution in [0.15, 0.2) is 83.8 Å². The van der Waals surface area contributed by atoms with Crippen molar-refractivity contribution in [1.82, 2.24) is 5.32 Å². The third-order valence-corrected chi connectivity index (χ3v) is 5.35. The van der Waals surface area contributed by atoms with Crippen LogP contribution in [-0.2, 0) is 5.75 Å². The lowest BCUT2D eigenvalue weighted by molar-refractivity contribution is 0.0944. The van der Waals surface area contributed by atoms with E-state index in [1.807, 2.05) is 50.2 Å². The second kappa shape index (κ2) is 9.94. The van der Waals surface area contributed by atoms with Crippen LogP contribution in [0.5, 0.6) is 0 Å². The maximum absolute atomic E-state index is 13.0. The number of para-hydroxylation sites is 1. The Morgan fingerprint density at radius 3 is 2.14 bits per heavy atom. The molecule has 4 nitrogen and oxygen atoms in total. The van der Waals surface area contributed by atoms with Gasteiger partial charge in [0.2, 0.25) is 0 Å². The van der Waals surface area contributed by atoms with Crippen molar-refractivity contribution in [2.75, 3.05) is 5.32 Å². The summed E-state index contributed by atoms with van der Waals surface area (Å²) in [6.45, 7) is 3.80. The van der Waals surface area contributed by atoms with Crippen molar-refractivity contribution in [3.05, 3.63) is 95.6 Å². The van der Waals surface area contributed by atoms with Gasteiger partial charge in [-0.1, -0.05) is 54.6 Å². The molecule has 0 radical (unpaired) electrons. The zero-order valence-corrected chi connectivity index (χ0v) is 17.3. The normalized spacial score (nSPS) is 10.6. The molecule has 2 N–H and O–H groups in total. The van der Waals surface area contributed by atoms with Gasteiger partial charge in [-0.25, -0.2) is 0 Å². The topological polar surface area (TPSA) is 58.2 Å². The highest BCUT2D eigenvalue weighted by Gasteiger charge is 2.16. The lowest BCUT2D eigenvalue weighted by Crippen LogP contribution is -2.31. The van der Waals surface area contributed by atoms with E-state index >= 15 is 0 Å². The first-order chi connectivity index (χ1) is 14.0. The molecular formula is C24H24N2O2S. The number of thioether (sulfide) groups is 1. The molecule has 0 saturated heterocycles. The van der Waals surface area contributed by atoms with Crippen LogP contribution in [0.25, 0.3) is 0 Å². The van der Waals surface area contributed by atoms with Crippen molar-refractivity contribution in [3.8, 4) is 0 Å². The minimum absolute atomic E-state index is 0.0152. The van der Waals surface area contributed by atoms with Crippen LogP contribution in [0, 0.1) is 0 Å². The largest absolute Gasteiger partial charge is 0.350 e. The smallest absolute Gasteiger partial charge is 0.256 e. The molecule has 3 aromatic carbocycles. The van der Waals surface area contributed by atoms with E-state index in [1.165, 1.54) is 5.56 Å². The number of rotatable bonds is 7. The van der Waals surface area contributed by atoms with Crippen LogP contribution in [0.1, 0.15) is 40.1 Å². The zero-order chi connectivity index (χ0) is 20.6. The van der Waals surface area contributed by atoms with E-state index in [-0.39, 0.29) is 17.9 Å². The fourth-order valence-corrected chi connectivity index (χ4v) is 3.84. The van der Waals surface area contributed by atoms with Crippen molar-refractivity contribution in [2.45, 2.75) is 30.5 Å². The Balaban J connectivity index is 1.78. The molecule has 0 fully saturated rings. The van der Waals surface area contributed by atoms with Crippen molar-refractivity contribution >= 4 is 29.3 Å². The number of amides is 2. The summed E-state index contributed by atoms with van der Waals surface area (Å²) in [4.78, 5) is 26.3. The fraction of sp³-hybridized carbons (Fsp3) is 0.167. The summed E-state index contributed by atoms with van der Waals surface area (Å²) in [6.07, 6.45) is 0. The average Bonchev–Trinajstić information content (AvgIpc) is 2.73. The summed E-state index contributed by atoms with van der Waals surface area (Å²) in [5, 5.41) is 5.77. The molecule has 0 atom stereocenters. The highest BCUT2D eigenvalue weighted by atomic mass is 32.2. The molecule has 2 amide bonds. The van der Waals surface area contributed by atoms with Gasteiger partial charge in [-0.05, 0) is 43.7 Å². The highest BCUT2D eigenvalue weighted by Crippen LogP contribution is 2.27. The molecule has 0 bridgehead atoms. The second-order valence-corrected chi connectivity index (χ2v) is 7.92. The minimum Gasteiger partial charge on any atom is -0.350 e. The lowest BCUT2D eigenvalue weighted by Gasteiger charge is -2.14. The third-order valence-electron chi connectivity index (χ3n) is 4.21. The molecule has 5 heteroatoms. The monoisotopic (exact) mass is 404 g/mol. The Labute approximate surface area is 175 Å². The van der Waals surface area contributed by atoms with Gasteiger partial charge in [0.1, 0.15) is 0 Å². The van der Waals surface area contributed by atoms with E-state index in [2.05, 4.69) is 22.8 Å². The van der Waals surface area contributed by atoms with Crippen molar-refractivity contribution in [2.24, 2.45) is 0 Å². The Bertz CT molecular complexity index is 987. The fourth-order valence-electron chi connectivity index (χ4n) is 2.84. The lowest BCUT2D eigenvalue weighted by atomic mass is 10.1. The van der Waals surface area contributed by atoms with Crippen LogP contribution in [0.2, 0.25) is 0 Å². The van der Waals surface area contributed by atoms with Crippen molar-refractivity contribution in [3.63, 3.8) is 0 Å². The molecule has 29 heavy (non-hydrogen) atoms. The Hall–Kier alpha value is -3.05. The molecule has 3 aromatic rings. The van der Waals surface area contributed by atoms with Crippen LogP contribution in [0.3, 0.4) is 0 Å². The van der Waals surface area contributed by atoms with Crippen LogP contribution < -0.4 is 10.6 Å². The van der Waals surface area contributed by atoms with Gasteiger partial charge in [-0.15, -0.1) is 11.8 Å². The summed E-state index contributed by atoms with van der Waals surface area (Å²) in [7, 11) is 0. The van der Waals surface area contributed by atoms with Crippen molar-refractivity contribution < 1.29 is 9.59 Å². The first-order valence-electron chi connectivity index (χ1n) is 9.51. The van der Waals surface area contributed by atoms with Gasteiger partial charge in [0.05, 0.1) is 16.8 Å². The van der Waals surface area contributed by atoms with Gasteiger partial charge in [0.15, 0.2) is 0 Å². The van der Waals surface area contributed by atoms with E-state index < -0.39 is 0 Å². The van der Waals surface area contributed by atoms with E-state index in [4.69, 9.17) is 0 Å². The van der Waals surface area contributed by atoms with Gasteiger partial charge >= 0.3 is 0 Å². The Morgan fingerprint density at radius 2 is 1.41 bits per heavy atom. The van der Waals surface area contributed by atoms with E-state index in [9.17, 15) is 9.59 Å². The SMILES string of the molecule is CC(C)NC(=O)c1ccccc1NC(=O)c1ccccc1SCc1ccccc1. The number of nitrogens with one attached hydrogen (secondary N) is 2. The predicted molar refractivity (Wildman–Crippen MR) is 119 cm³/mol. The number of carbonyl (C=O) groups excluding carboxylic acids is 2. The van der Waals surface area contributed by atoms with Crippen molar-refractivity contribution in [1.29, 1.82) is 0 Å². The Morgan fingerprint density at radius 1 is 0.793 bits per heavy atom. The Kier molecular flexibility index (Phi) is 7.09. The minimum atomic E-state index is -0.231. The zero-order valence-electron chi connectivity index (χ0n) is 16.5. The number of hydrogen-bond donors (Lipinski definition) is 2. The van der Waals surface area contributed by atoms with Crippen LogP contribution >= 0.6 is 11.8 Å². The highest BCUT2D eigenvalue weighted by molar-refractivity contribution is 7.98. The van der Waals surface area contributed by atoms with E-state index in [1.54, 1.807) is 42.1 Å². The molecule has 0 spiro atoms. The summed E-state index contributed by atoms with van der Waals surface area (Å²) in [5.41, 5.74) is 2.73. The number of anilines is 1. The van der Waals surface area contributed by atoms with Crippen LogP contribution in [-0.4, -0.2) is 17.9 Å². The molecule has 0 aliphatic carbocycles. The third kappa shape index (κ3) is 5.72. The quantitative estimate of drug-likeness (QED) is 0.521. The molecular weight excluding hydrogens is 380 g/mol. The maximum Gasteiger partial charge on any atom is 0.256 e. The molecule has 0 aliphatic heterocycles. The molecule has 148 valence electrons.